The molecule has 0 saturated heterocycles. The molecular weight excluding hydrogens is 468 g/mol. The van der Waals surface area contributed by atoms with Crippen LogP contribution >= 0.6 is 0 Å². The summed E-state index contributed by atoms with van der Waals surface area (Å²) in [5.41, 5.74) is 2.86. The summed E-state index contributed by atoms with van der Waals surface area (Å²) in [5, 5.41) is 2.83. The number of H-pyrrole nitrogens is 1. The molecule has 0 aliphatic carbocycles. The topological polar surface area (TPSA) is 122 Å². The van der Waals surface area contributed by atoms with Crippen LogP contribution in [0, 0.1) is 0 Å². The molecule has 3 N–H and O–H groups in total. The number of carbonyl (C=O) groups is 1. The maximum absolute atomic E-state index is 12.8. The van der Waals surface area contributed by atoms with Gasteiger partial charge in [0.1, 0.15) is 19.0 Å². The van der Waals surface area contributed by atoms with E-state index in [4.69, 9.17) is 9.47 Å². The molecule has 180 valence electrons. The van der Waals surface area contributed by atoms with E-state index in [0.717, 1.165) is 16.9 Å². The number of nitrogens with one attached hydrogen (secondary N) is 3. The molecular formula is C25H24N4O5S. The number of nitrogens with zero attached hydrogens (tertiary/aromatic N) is 1. The molecule has 1 aromatic heterocycles. The van der Waals surface area contributed by atoms with E-state index in [1.165, 1.54) is 12.1 Å². The van der Waals surface area contributed by atoms with Crippen molar-refractivity contribution in [2.24, 2.45) is 0 Å². The Morgan fingerprint density at radius 2 is 1.69 bits per heavy atom. The molecule has 0 bridgehead atoms. The number of hydrogen-bond acceptors (Lipinski definition) is 6. The lowest BCUT2D eigenvalue weighted by molar-refractivity contribution is -0.116. The van der Waals surface area contributed by atoms with Gasteiger partial charge in [-0.2, -0.15) is 0 Å². The normalized spacial score (nSPS) is 12.9. The summed E-state index contributed by atoms with van der Waals surface area (Å²) in [6.45, 7) is 0.804. The molecule has 0 atom stereocenters. The van der Waals surface area contributed by atoms with E-state index in [1.807, 2.05) is 24.3 Å². The van der Waals surface area contributed by atoms with E-state index in [1.54, 1.807) is 30.3 Å². The summed E-state index contributed by atoms with van der Waals surface area (Å²) in [6, 6.07) is 18.8. The second-order valence-corrected chi connectivity index (χ2v) is 9.77. The number of amides is 1. The lowest BCUT2D eigenvalue weighted by atomic mass is 10.2. The van der Waals surface area contributed by atoms with E-state index in [0.29, 0.717) is 55.4 Å². The second kappa shape index (κ2) is 9.67. The predicted octanol–water partition coefficient (Wildman–Crippen LogP) is 4.10. The van der Waals surface area contributed by atoms with Crippen LogP contribution in [0.1, 0.15) is 18.7 Å². The molecule has 0 fully saturated rings. The Balaban J connectivity index is 1.14. The van der Waals surface area contributed by atoms with Crippen LogP contribution in [0.4, 0.5) is 11.4 Å². The highest BCUT2D eigenvalue weighted by Crippen LogP contribution is 2.32. The first-order valence-corrected chi connectivity index (χ1v) is 12.7. The standard InChI is InChI=1S/C25H24N4O5S/c30-25(7-3-6-24-27-20-4-1-2-5-21(20)28-24)26-17-8-10-18(11-9-17)29-35(31,32)19-12-13-22-23(16-19)34-15-14-33-22/h1-2,4-5,8-13,16,29H,3,6-7,14-15H2,(H,26,30)(H,27,28). The number of carbonyl (C=O) groups excluding carboxylic acids is 1. The van der Waals surface area contributed by atoms with Gasteiger partial charge in [0.05, 0.1) is 15.9 Å². The lowest BCUT2D eigenvalue weighted by Crippen LogP contribution is -2.17. The highest BCUT2D eigenvalue weighted by molar-refractivity contribution is 7.92. The molecule has 35 heavy (non-hydrogen) atoms. The maximum atomic E-state index is 12.8. The molecule has 1 aliphatic rings. The number of sulfonamides is 1. The number of aromatic amines is 1. The molecule has 1 aliphatic heterocycles. The number of rotatable bonds is 8. The molecule has 2 heterocycles. The maximum Gasteiger partial charge on any atom is 0.262 e. The molecule has 9 nitrogen and oxygen atoms in total. The van der Waals surface area contributed by atoms with Gasteiger partial charge >= 0.3 is 0 Å². The number of anilines is 2. The van der Waals surface area contributed by atoms with E-state index >= 15 is 0 Å². The van der Waals surface area contributed by atoms with Gasteiger partial charge in [-0.05, 0) is 55.0 Å². The number of imidazole rings is 1. The van der Waals surface area contributed by atoms with Crippen molar-refractivity contribution in [3.05, 3.63) is 72.6 Å². The minimum absolute atomic E-state index is 0.0728. The van der Waals surface area contributed by atoms with Crippen molar-refractivity contribution >= 4 is 38.3 Å². The summed E-state index contributed by atoms with van der Waals surface area (Å²) >= 11 is 0. The van der Waals surface area contributed by atoms with Crippen LogP contribution in [0.3, 0.4) is 0 Å². The zero-order chi connectivity index (χ0) is 24.3. The van der Waals surface area contributed by atoms with Crippen LogP contribution in [0.5, 0.6) is 11.5 Å². The molecule has 10 heteroatoms. The van der Waals surface area contributed by atoms with Crippen LogP contribution in [0.15, 0.2) is 71.6 Å². The van der Waals surface area contributed by atoms with Crippen molar-refractivity contribution in [3.8, 4) is 11.5 Å². The van der Waals surface area contributed by atoms with Crippen molar-refractivity contribution < 1.29 is 22.7 Å². The quantitative estimate of drug-likeness (QED) is 0.340. The first kappa shape index (κ1) is 22.7. The van der Waals surface area contributed by atoms with Gasteiger partial charge in [0.25, 0.3) is 10.0 Å². The Bertz CT molecular complexity index is 1430. The van der Waals surface area contributed by atoms with Crippen LogP contribution in [0.2, 0.25) is 0 Å². The monoisotopic (exact) mass is 492 g/mol. The summed E-state index contributed by atoms with van der Waals surface area (Å²) < 4.78 is 39.0. The summed E-state index contributed by atoms with van der Waals surface area (Å²) in [6.07, 6.45) is 1.66. The van der Waals surface area contributed by atoms with E-state index < -0.39 is 10.0 Å². The number of benzene rings is 3. The first-order valence-electron chi connectivity index (χ1n) is 11.2. The predicted molar refractivity (Wildman–Crippen MR) is 132 cm³/mol. The van der Waals surface area contributed by atoms with Crippen LogP contribution in [-0.4, -0.2) is 37.5 Å². The van der Waals surface area contributed by atoms with Gasteiger partial charge in [-0.15, -0.1) is 0 Å². The molecule has 0 radical (unpaired) electrons. The van der Waals surface area contributed by atoms with Gasteiger partial charge in [-0.1, -0.05) is 12.1 Å². The first-order chi connectivity index (χ1) is 17.0. The van der Waals surface area contributed by atoms with Crippen LogP contribution in [0.25, 0.3) is 11.0 Å². The lowest BCUT2D eigenvalue weighted by Gasteiger charge is -2.19. The van der Waals surface area contributed by atoms with Crippen molar-refractivity contribution in [1.82, 2.24) is 9.97 Å². The van der Waals surface area contributed by atoms with Crippen molar-refractivity contribution in [1.29, 1.82) is 0 Å². The minimum atomic E-state index is -3.81. The van der Waals surface area contributed by atoms with Crippen molar-refractivity contribution in [3.63, 3.8) is 0 Å². The fourth-order valence-corrected chi connectivity index (χ4v) is 4.86. The van der Waals surface area contributed by atoms with Gasteiger partial charge in [-0.3, -0.25) is 9.52 Å². The van der Waals surface area contributed by atoms with E-state index in [-0.39, 0.29) is 10.8 Å². The number of ether oxygens (including phenoxy) is 2. The molecule has 4 aromatic rings. The zero-order valence-electron chi connectivity index (χ0n) is 18.8. The zero-order valence-corrected chi connectivity index (χ0v) is 19.6. The molecule has 5 rings (SSSR count). The number of aromatic nitrogens is 2. The number of fused-ring (bicyclic) bond motifs is 2. The summed E-state index contributed by atoms with van der Waals surface area (Å²) in [5.74, 6) is 1.66. The van der Waals surface area contributed by atoms with E-state index in [9.17, 15) is 13.2 Å². The Hall–Kier alpha value is -4.05. The number of aryl methyl sites for hydroxylation is 1. The second-order valence-electron chi connectivity index (χ2n) is 8.09. The average Bonchev–Trinajstić information content (AvgIpc) is 3.27. The molecule has 0 saturated carbocycles. The molecule has 0 unspecified atom stereocenters. The Morgan fingerprint density at radius 1 is 0.943 bits per heavy atom. The van der Waals surface area contributed by atoms with Crippen molar-refractivity contribution in [2.75, 3.05) is 23.3 Å². The largest absolute Gasteiger partial charge is 0.486 e. The summed E-state index contributed by atoms with van der Waals surface area (Å²) in [7, 11) is -3.81. The average molecular weight is 493 g/mol. The van der Waals surface area contributed by atoms with Gasteiger partial charge in [0.15, 0.2) is 11.5 Å². The molecule has 3 aromatic carbocycles. The fraction of sp³-hybridized carbons (Fsp3) is 0.200. The van der Waals surface area contributed by atoms with Gasteiger partial charge in [-0.25, -0.2) is 13.4 Å². The third-order valence-electron chi connectivity index (χ3n) is 5.50. The van der Waals surface area contributed by atoms with Gasteiger partial charge in [0, 0.05) is 30.3 Å². The highest BCUT2D eigenvalue weighted by Gasteiger charge is 2.19. The third kappa shape index (κ3) is 5.38. The SMILES string of the molecule is O=C(CCCc1nc2ccccc2[nH]1)Nc1ccc(NS(=O)(=O)c2ccc3c(c2)OCCO3)cc1. The van der Waals surface area contributed by atoms with Crippen LogP contribution in [-0.2, 0) is 21.2 Å². The van der Waals surface area contributed by atoms with Gasteiger partial charge in [0.2, 0.25) is 5.91 Å². The third-order valence-corrected chi connectivity index (χ3v) is 6.88. The Kier molecular flexibility index (Phi) is 6.28. The van der Waals surface area contributed by atoms with E-state index in [2.05, 4.69) is 20.0 Å². The molecule has 1 amide bonds. The van der Waals surface area contributed by atoms with Crippen LogP contribution < -0.4 is 19.5 Å². The Labute approximate surface area is 202 Å². The number of hydrogen-bond donors (Lipinski definition) is 3. The van der Waals surface area contributed by atoms with Gasteiger partial charge < -0.3 is 19.8 Å². The van der Waals surface area contributed by atoms with Crippen molar-refractivity contribution in [2.45, 2.75) is 24.2 Å². The smallest absolute Gasteiger partial charge is 0.262 e. The molecule has 0 spiro atoms. The fourth-order valence-electron chi connectivity index (χ4n) is 3.79. The summed E-state index contributed by atoms with van der Waals surface area (Å²) in [4.78, 5) is 20.2. The number of para-hydroxylation sites is 2. The highest BCUT2D eigenvalue weighted by atomic mass is 32.2. The Morgan fingerprint density at radius 3 is 2.49 bits per heavy atom. The minimum Gasteiger partial charge on any atom is -0.486 e.